The van der Waals surface area contributed by atoms with E-state index in [-0.39, 0.29) is 24.4 Å². The molecule has 1 aromatic rings. The van der Waals surface area contributed by atoms with E-state index < -0.39 is 0 Å². The summed E-state index contributed by atoms with van der Waals surface area (Å²) >= 11 is 1.72. The molecule has 0 saturated carbocycles. The number of thiophene rings is 1. The van der Waals surface area contributed by atoms with Crippen molar-refractivity contribution in [1.29, 1.82) is 0 Å². The van der Waals surface area contributed by atoms with Gasteiger partial charge >= 0.3 is 0 Å². The summed E-state index contributed by atoms with van der Waals surface area (Å²) in [5.74, 6) is 0.0524. The normalized spacial score (nSPS) is 11.6. The van der Waals surface area contributed by atoms with Crippen molar-refractivity contribution in [2.75, 3.05) is 13.6 Å². The summed E-state index contributed by atoms with van der Waals surface area (Å²) in [7, 11) is 1.77. The number of nitrogens with one attached hydrogen (secondary N) is 2. The first-order chi connectivity index (χ1) is 6.72. The van der Waals surface area contributed by atoms with E-state index in [0.29, 0.717) is 6.54 Å². The molecule has 3 nitrogen and oxygen atoms in total. The maximum absolute atomic E-state index is 11.2. The lowest BCUT2D eigenvalue weighted by atomic mass is 10.2. The molecule has 1 unspecified atom stereocenters. The summed E-state index contributed by atoms with van der Waals surface area (Å²) in [6, 6.07) is 4.32. The van der Waals surface area contributed by atoms with Crippen LogP contribution in [0.25, 0.3) is 0 Å². The minimum atomic E-state index is 0. The summed E-state index contributed by atoms with van der Waals surface area (Å²) in [6.45, 7) is 2.40. The molecule has 1 atom stereocenters. The predicted molar refractivity (Wildman–Crippen MR) is 66.8 cm³/mol. The Morgan fingerprint density at radius 3 is 2.87 bits per heavy atom. The fourth-order valence-electron chi connectivity index (χ4n) is 1.27. The number of halogens is 1. The molecule has 2 N–H and O–H groups in total. The molecule has 1 amide bonds. The molecular weight excluding hydrogens is 232 g/mol. The van der Waals surface area contributed by atoms with E-state index in [9.17, 15) is 4.79 Å². The first kappa shape index (κ1) is 14.4. The third-order valence-electron chi connectivity index (χ3n) is 1.83. The fourth-order valence-corrected chi connectivity index (χ4v) is 2.10. The quantitative estimate of drug-likeness (QED) is 0.828. The first-order valence-electron chi connectivity index (χ1n) is 4.68. The van der Waals surface area contributed by atoms with Gasteiger partial charge in [-0.3, -0.25) is 4.79 Å². The molecule has 1 aromatic heterocycles. The van der Waals surface area contributed by atoms with Crippen LogP contribution in [0.4, 0.5) is 0 Å². The van der Waals surface area contributed by atoms with Crippen molar-refractivity contribution in [3.63, 3.8) is 0 Å². The topological polar surface area (TPSA) is 41.1 Å². The number of rotatable bonds is 5. The van der Waals surface area contributed by atoms with Crippen LogP contribution < -0.4 is 10.6 Å². The van der Waals surface area contributed by atoms with Gasteiger partial charge in [0.15, 0.2) is 0 Å². The lowest BCUT2D eigenvalue weighted by Gasteiger charge is -2.12. The average Bonchev–Trinajstić information content (AvgIpc) is 2.56. The first-order valence-corrected chi connectivity index (χ1v) is 5.56. The Kier molecular flexibility index (Phi) is 7.38. The molecule has 86 valence electrons. The van der Waals surface area contributed by atoms with Crippen molar-refractivity contribution < 1.29 is 4.79 Å². The monoisotopic (exact) mass is 248 g/mol. The Balaban J connectivity index is 0.00000196. The molecule has 1 heterocycles. The maximum Gasteiger partial charge on any atom is 0.234 e. The van der Waals surface area contributed by atoms with Crippen molar-refractivity contribution in [2.24, 2.45) is 0 Å². The van der Waals surface area contributed by atoms with E-state index in [4.69, 9.17) is 0 Å². The molecule has 0 spiro atoms. The van der Waals surface area contributed by atoms with Gasteiger partial charge in [0, 0.05) is 17.3 Å². The highest BCUT2D eigenvalue weighted by molar-refractivity contribution is 7.09. The van der Waals surface area contributed by atoms with Crippen LogP contribution in [-0.4, -0.2) is 25.5 Å². The largest absolute Gasteiger partial charge is 0.352 e. The SMILES string of the molecule is CNCC(=O)NC(C)Cc1cccs1.Cl. The van der Waals surface area contributed by atoms with Crippen molar-refractivity contribution in [1.82, 2.24) is 10.6 Å². The Labute approximate surface area is 101 Å². The van der Waals surface area contributed by atoms with Crippen LogP contribution in [0, 0.1) is 0 Å². The molecule has 1 rings (SSSR count). The third kappa shape index (κ3) is 5.77. The zero-order valence-electron chi connectivity index (χ0n) is 8.95. The molecule has 0 radical (unpaired) electrons. The number of carbonyl (C=O) groups excluding carboxylic acids is 1. The summed E-state index contributed by atoms with van der Waals surface area (Å²) < 4.78 is 0. The number of carbonyl (C=O) groups is 1. The van der Waals surface area contributed by atoms with E-state index in [1.165, 1.54) is 4.88 Å². The Morgan fingerprint density at radius 2 is 2.33 bits per heavy atom. The zero-order valence-corrected chi connectivity index (χ0v) is 10.6. The van der Waals surface area contributed by atoms with E-state index in [1.807, 2.05) is 13.0 Å². The second kappa shape index (κ2) is 7.68. The standard InChI is InChI=1S/C10H16N2OS.ClH/c1-8(12-10(13)7-11-2)6-9-4-3-5-14-9;/h3-5,8,11H,6-7H2,1-2H3,(H,12,13);1H. The van der Waals surface area contributed by atoms with Crippen LogP contribution in [0.3, 0.4) is 0 Å². The van der Waals surface area contributed by atoms with Crippen molar-refractivity contribution in [2.45, 2.75) is 19.4 Å². The highest BCUT2D eigenvalue weighted by Gasteiger charge is 2.07. The maximum atomic E-state index is 11.2. The van der Waals surface area contributed by atoms with Crippen LogP contribution in [0.2, 0.25) is 0 Å². The van der Waals surface area contributed by atoms with E-state index in [0.717, 1.165) is 6.42 Å². The molecular formula is C10H17ClN2OS. The van der Waals surface area contributed by atoms with E-state index in [1.54, 1.807) is 18.4 Å². The second-order valence-electron chi connectivity index (χ2n) is 3.28. The second-order valence-corrected chi connectivity index (χ2v) is 4.31. The molecule has 5 heteroatoms. The lowest BCUT2D eigenvalue weighted by molar-refractivity contribution is -0.120. The van der Waals surface area contributed by atoms with E-state index in [2.05, 4.69) is 22.1 Å². The molecule has 0 aliphatic carbocycles. The highest BCUT2D eigenvalue weighted by atomic mass is 35.5. The molecule has 0 saturated heterocycles. The number of hydrogen-bond acceptors (Lipinski definition) is 3. The number of amides is 1. The summed E-state index contributed by atoms with van der Waals surface area (Å²) in [5, 5.41) is 7.80. The average molecular weight is 249 g/mol. The highest BCUT2D eigenvalue weighted by Crippen LogP contribution is 2.10. The van der Waals surface area contributed by atoms with Gasteiger partial charge in [0.25, 0.3) is 0 Å². The fraction of sp³-hybridized carbons (Fsp3) is 0.500. The van der Waals surface area contributed by atoms with Gasteiger partial charge in [0.05, 0.1) is 6.54 Å². The van der Waals surface area contributed by atoms with Crippen LogP contribution >= 0.6 is 23.7 Å². The van der Waals surface area contributed by atoms with Crippen LogP contribution in [-0.2, 0) is 11.2 Å². The van der Waals surface area contributed by atoms with E-state index >= 15 is 0 Å². The van der Waals surface area contributed by atoms with Gasteiger partial charge in [-0.05, 0) is 25.4 Å². The molecule has 0 fully saturated rings. The third-order valence-corrected chi connectivity index (χ3v) is 2.73. The minimum absolute atomic E-state index is 0. The lowest BCUT2D eigenvalue weighted by Crippen LogP contribution is -2.38. The summed E-state index contributed by atoms with van der Waals surface area (Å²) in [6.07, 6.45) is 0.910. The van der Waals surface area contributed by atoms with Crippen LogP contribution in [0.5, 0.6) is 0 Å². The zero-order chi connectivity index (χ0) is 10.4. The van der Waals surface area contributed by atoms with Gasteiger partial charge in [-0.2, -0.15) is 0 Å². The number of hydrogen-bond donors (Lipinski definition) is 2. The molecule has 15 heavy (non-hydrogen) atoms. The van der Waals surface area contributed by atoms with Gasteiger partial charge in [0.1, 0.15) is 0 Å². The van der Waals surface area contributed by atoms with Crippen molar-refractivity contribution in [3.8, 4) is 0 Å². The Bertz CT molecular complexity index is 277. The number of likely N-dealkylation sites (N-methyl/N-ethyl adjacent to an activating group) is 1. The van der Waals surface area contributed by atoms with Crippen LogP contribution in [0.1, 0.15) is 11.8 Å². The van der Waals surface area contributed by atoms with Gasteiger partial charge < -0.3 is 10.6 Å². The van der Waals surface area contributed by atoms with Gasteiger partial charge in [-0.25, -0.2) is 0 Å². The van der Waals surface area contributed by atoms with Crippen molar-refractivity contribution in [3.05, 3.63) is 22.4 Å². The van der Waals surface area contributed by atoms with Gasteiger partial charge in [-0.1, -0.05) is 6.07 Å². The summed E-state index contributed by atoms with van der Waals surface area (Å²) in [4.78, 5) is 12.5. The predicted octanol–water partition coefficient (Wildman–Crippen LogP) is 1.44. The molecule has 0 aromatic carbocycles. The Hall–Kier alpha value is -0.580. The molecule has 0 bridgehead atoms. The summed E-state index contributed by atoms with van der Waals surface area (Å²) in [5.41, 5.74) is 0. The smallest absolute Gasteiger partial charge is 0.234 e. The van der Waals surface area contributed by atoms with Gasteiger partial charge in [-0.15, -0.1) is 23.7 Å². The molecule has 0 aliphatic rings. The Morgan fingerprint density at radius 1 is 1.60 bits per heavy atom. The minimum Gasteiger partial charge on any atom is -0.352 e. The van der Waals surface area contributed by atoms with Crippen molar-refractivity contribution >= 4 is 29.7 Å². The molecule has 0 aliphatic heterocycles. The van der Waals surface area contributed by atoms with Crippen LogP contribution in [0.15, 0.2) is 17.5 Å². The van der Waals surface area contributed by atoms with Gasteiger partial charge in [0.2, 0.25) is 5.91 Å².